The highest BCUT2D eigenvalue weighted by Gasteiger charge is 2.19. The molecule has 1 aromatic carbocycles. The number of hydrogen-bond donors (Lipinski definition) is 1. The van der Waals surface area contributed by atoms with Gasteiger partial charge in [0.05, 0.1) is 11.2 Å². The van der Waals surface area contributed by atoms with Crippen LogP contribution in [0.2, 0.25) is 0 Å². The predicted octanol–water partition coefficient (Wildman–Crippen LogP) is 2.35. The van der Waals surface area contributed by atoms with Crippen LogP contribution >= 0.6 is 0 Å². The van der Waals surface area contributed by atoms with E-state index in [-0.39, 0.29) is 6.61 Å². The van der Waals surface area contributed by atoms with Crippen LogP contribution in [-0.2, 0) is 0 Å². The average molecular weight is 222 g/mol. The smallest absolute Gasteiger partial charge is 0.153 e. The normalized spacial score (nSPS) is 14.2. The fourth-order valence-electron chi connectivity index (χ4n) is 1.23. The minimum absolute atomic E-state index is 0.188. The highest BCUT2D eigenvalue weighted by Crippen LogP contribution is 2.20. The molecule has 1 aromatic rings. The van der Waals surface area contributed by atoms with Gasteiger partial charge in [0.15, 0.2) is 6.29 Å². The molecule has 1 rings (SSSR count). The SMILES string of the molecule is CCC(C)(O)COc1ccc(C)cc1C=O. The first-order valence-corrected chi connectivity index (χ1v) is 5.39. The molecule has 16 heavy (non-hydrogen) atoms. The zero-order valence-electron chi connectivity index (χ0n) is 9.99. The Morgan fingerprint density at radius 3 is 2.75 bits per heavy atom. The van der Waals surface area contributed by atoms with Gasteiger partial charge in [0.2, 0.25) is 0 Å². The lowest BCUT2D eigenvalue weighted by Crippen LogP contribution is -2.31. The second-order valence-electron chi connectivity index (χ2n) is 4.30. The lowest BCUT2D eigenvalue weighted by atomic mass is 10.1. The van der Waals surface area contributed by atoms with Gasteiger partial charge in [0, 0.05) is 0 Å². The highest BCUT2D eigenvalue weighted by molar-refractivity contribution is 5.79. The molecule has 0 aliphatic rings. The van der Waals surface area contributed by atoms with Crippen molar-refractivity contribution in [3.05, 3.63) is 29.3 Å². The summed E-state index contributed by atoms with van der Waals surface area (Å²) in [4.78, 5) is 10.8. The molecule has 0 amide bonds. The molecule has 0 spiro atoms. The van der Waals surface area contributed by atoms with E-state index in [1.165, 1.54) is 0 Å². The number of hydrogen-bond acceptors (Lipinski definition) is 3. The molecule has 0 aliphatic heterocycles. The average Bonchev–Trinajstić information content (AvgIpc) is 2.27. The van der Waals surface area contributed by atoms with Crippen molar-refractivity contribution in [3.8, 4) is 5.75 Å². The summed E-state index contributed by atoms with van der Waals surface area (Å²) in [6.07, 6.45) is 1.37. The minimum Gasteiger partial charge on any atom is -0.490 e. The fraction of sp³-hybridized carbons (Fsp3) is 0.462. The van der Waals surface area contributed by atoms with Crippen LogP contribution in [0.3, 0.4) is 0 Å². The van der Waals surface area contributed by atoms with E-state index in [9.17, 15) is 9.90 Å². The van der Waals surface area contributed by atoms with E-state index in [1.807, 2.05) is 19.9 Å². The summed E-state index contributed by atoms with van der Waals surface area (Å²) in [7, 11) is 0. The number of carbonyl (C=O) groups is 1. The van der Waals surface area contributed by atoms with Gasteiger partial charge in [0.1, 0.15) is 12.4 Å². The van der Waals surface area contributed by atoms with Gasteiger partial charge >= 0.3 is 0 Å². The lowest BCUT2D eigenvalue weighted by Gasteiger charge is -2.22. The molecule has 0 heterocycles. The summed E-state index contributed by atoms with van der Waals surface area (Å²) < 4.78 is 5.46. The molecule has 0 saturated carbocycles. The molecule has 3 nitrogen and oxygen atoms in total. The third kappa shape index (κ3) is 3.35. The highest BCUT2D eigenvalue weighted by atomic mass is 16.5. The van der Waals surface area contributed by atoms with E-state index < -0.39 is 5.60 Å². The van der Waals surface area contributed by atoms with Crippen LogP contribution in [0, 0.1) is 6.92 Å². The first-order valence-electron chi connectivity index (χ1n) is 5.39. The summed E-state index contributed by atoms with van der Waals surface area (Å²) in [5.41, 5.74) is 0.675. The van der Waals surface area contributed by atoms with Crippen LogP contribution in [0.1, 0.15) is 36.2 Å². The van der Waals surface area contributed by atoms with Crippen molar-refractivity contribution in [1.82, 2.24) is 0 Å². The van der Waals surface area contributed by atoms with E-state index >= 15 is 0 Å². The minimum atomic E-state index is -0.856. The van der Waals surface area contributed by atoms with Crippen molar-refractivity contribution >= 4 is 6.29 Å². The Bertz CT molecular complexity index is 369. The summed E-state index contributed by atoms with van der Waals surface area (Å²) in [5, 5.41) is 9.79. The first-order chi connectivity index (χ1) is 7.48. The van der Waals surface area contributed by atoms with Crippen LogP contribution < -0.4 is 4.74 Å². The lowest BCUT2D eigenvalue weighted by molar-refractivity contribution is 0.00826. The second-order valence-corrected chi connectivity index (χ2v) is 4.30. The summed E-state index contributed by atoms with van der Waals surface area (Å²) in [6.45, 7) is 5.70. The van der Waals surface area contributed by atoms with Gasteiger partial charge in [-0.05, 0) is 32.4 Å². The summed E-state index contributed by atoms with van der Waals surface area (Å²) in [5.74, 6) is 0.523. The molecule has 88 valence electrons. The fourth-order valence-corrected chi connectivity index (χ4v) is 1.23. The van der Waals surface area contributed by atoms with Crippen LogP contribution in [0.5, 0.6) is 5.75 Å². The molecule has 0 fully saturated rings. The zero-order chi connectivity index (χ0) is 12.2. The predicted molar refractivity (Wildman–Crippen MR) is 63.0 cm³/mol. The third-order valence-electron chi connectivity index (χ3n) is 2.59. The standard InChI is InChI=1S/C13H18O3/c1-4-13(3,15)9-16-12-6-5-10(2)7-11(12)8-14/h5-8,15H,4,9H2,1-3H3. The number of ether oxygens (including phenoxy) is 1. The summed E-state index contributed by atoms with van der Waals surface area (Å²) >= 11 is 0. The third-order valence-corrected chi connectivity index (χ3v) is 2.59. The van der Waals surface area contributed by atoms with E-state index in [0.717, 1.165) is 11.8 Å². The Kier molecular flexibility index (Phi) is 4.07. The van der Waals surface area contributed by atoms with Crippen molar-refractivity contribution < 1.29 is 14.6 Å². The first kappa shape index (κ1) is 12.7. The summed E-state index contributed by atoms with van der Waals surface area (Å²) in [6, 6.07) is 5.40. The second kappa shape index (κ2) is 5.12. The quantitative estimate of drug-likeness (QED) is 0.778. The number of rotatable bonds is 5. The van der Waals surface area contributed by atoms with Crippen LogP contribution in [0.25, 0.3) is 0 Å². The Morgan fingerprint density at radius 2 is 2.19 bits per heavy atom. The molecular formula is C13H18O3. The van der Waals surface area contributed by atoms with Crippen molar-refractivity contribution in [2.24, 2.45) is 0 Å². The maximum absolute atomic E-state index is 10.8. The molecular weight excluding hydrogens is 204 g/mol. The Balaban J connectivity index is 2.78. The Hall–Kier alpha value is -1.35. The van der Waals surface area contributed by atoms with Gasteiger partial charge in [-0.1, -0.05) is 18.6 Å². The molecule has 1 atom stereocenters. The molecule has 0 radical (unpaired) electrons. The number of aliphatic hydroxyl groups is 1. The van der Waals surface area contributed by atoms with Crippen LogP contribution in [0.15, 0.2) is 18.2 Å². The van der Waals surface area contributed by atoms with Gasteiger partial charge in [-0.25, -0.2) is 0 Å². The molecule has 0 saturated heterocycles. The van der Waals surface area contributed by atoms with Gasteiger partial charge in [-0.2, -0.15) is 0 Å². The van der Waals surface area contributed by atoms with E-state index in [2.05, 4.69) is 0 Å². The number of benzene rings is 1. The maximum atomic E-state index is 10.8. The molecule has 0 aliphatic carbocycles. The molecule has 3 heteroatoms. The molecule has 0 bridgehead atoms. The van der Waals surface area contributed by atoms with Gasteiger partial charge < -0.3 is 9.84 Å². The van der Waals surface area contributed by atoms with Gasteiger partial charge in [0.25, 0.3) is 0 Å². The molecule has 1 N–H and O–H groups in total. The largest absolute Gasteiger partial charge is 0.490 e. The van der Waals surface area contributed by atoms with Gasteiger partial charge in [-0.3, -0.25) is 4.79 Å². The number of carbonyl (C=O) groups excluding carboxylic acids is 1. The zero-order valence-corrected chi connectivity index (χ0v) is 9.99. The van der Waals surface area contributed by atoms with E-state index in [1.54, 1.807) is 19.1 Å². The van der Waals surface area contributed by atoms with Crippen molar-refractivity contribution in [2.75, 3.05) is 6.61 Å². The topological polar surface area (TPSA) is 46.5 Å². The van der Waals surface area contributed by atoms with E-state index in [4.69, 9.17) is 4.74 Å². The molecule has 1 unspecified atom stereocenters. The van der Waals surface area contributed by atoms with E-state index in [0.29, 0.717) is 17.7 Å². The van der Waals surface area contributed by atoms with Crippen LogP contribution in [0.4, 0.5) is 0 Å². The molecule has 0 aromatic heterocycles. The van der Waals surface area contributed by atoms with Gasteiger partial charge in [-0.15, -0.1) is 0 Å². The van der Waals surface area contributed by atoms with Crippen molar-refractivity contribution in [2.45, 2.75) is 32.8 Å². The van der Waals surface area contributed by atoms with Crippen molar-refractivity contribution in [3.63, 3.8) is 0 Å². The monoisotopic (exact) mass is 222 g/mol. The number of aryl methyl sites for hydroxylation is 1. The van der Waals surface area contributed by atoms with Crippen LogP contribution in [-0.4, -0.2) is 23.6 Å². The number of aldehydes is 1. The Labute approximate surface area is 96.1 Å². The Morgan fingerprint density at radius 1 is 1.50 bits per heavy atom. The van der Waals surface area contributed by atoms with Crippen molar-refractivity contribution in [1.29, 1.82) is 0 Å². The maximum Gasteiger partial charge on any atom is 0.153 e.